The summed E-state index contributed by atoms with van der Waals surface area (Å²) in [6.45, 7) is -1.01. The second-order valence-electron chi connectivity index (χ2n) is 2.73. The molecule has 0 aromatic carbocycles. The van der Waals surface area contributed by atoms with Gasteiger partial charge in [0.1, 0.15) is 6.61 Å². The highest BCUT2D eigenvalue weighted by molar-refractivity contribution is 5.36. The molecule has 0 heterocycles. The Kier molecular flexibility index (Phi) is 2.23. The fourth-order valence-corrected chi connectivity index (χ4v) is 1.04. The van der Waals surface area contributed by atoms with Gasteiger partial charge in [-0.25, -0.2) is 8.78 Å². The molecule has 7 heteroatoms. The Morgan fingerprint density at radius 3 is 2.00 bits per heavy atom. The molecule has 0 amide bonds. The Hall–Kier alpha value is -0.900. The summed E-state index contributed by atoms with van der Waals surface area (Å²) in [7, 11) is 0. The Morgan fingerprint density at radius 2 is 1.64 bits per heavy atom. The fourth-order valence-electron chi connectivity index (χ4n) is 1.04. The maximum Gasteiger partial charge on any atom is 0.360 e. The number of hydrogen-bond acceptors (Lipinski definition) is 1. The van der Waals surface area contributed by atoms with Crippen molar-refractivity contribution in [3.05, 3.63) is 0 Å². The van der Waals surface area contributed by atoms with Crippen molar-refractivity contribution in [1.82, 2.24) is 0 Å². The van der Waals surface area contributed by atoms with Crippen molar-refractivity contribution < 1.29 is 31.4 Å². The quantitative estimate of drug-likeness (QED) is 0.480. The van der Waals surface area contributed by atoms with E-state index >= 15 is 0 Å². The second kappa shape index (κ2) is 2.79. The third-order valence-electron chi connectivity index (χ3n) is 1.89. The van der Waals surface area contributed by atoms with Gasteiger partial charge in [0.05, 0.1) is 0 Å². The highest BCUT2D eigenvalue weighted by Crippen LogP contribution is 2.61. The largest absolute Gasteiger partial charge is 0.384 e. The number of hydrogen-bond donors (Lipinski definition) is 1. The van der Waals surface area contributed by atoms with E-state index in [1.807, 2.05) is 0 Å². The molecule has 1 saturated carbocycles. The minimum absolute atomic E-state index is 0.969. The SMILES string of the molecule is OCC#CC1(F)C(F)C(F)(F)C1(F)F. The van der Waals surface area contributed by atoms with Gasteiger partial charge in [-0.2, -0.15) is 17.6 Å². The molecule has 1 fully saturated rings. The molecule has 2 unspecified atom stereocenters. The third kappa shape index (κ3) is 0.974. The van der Waals surface area contributed by atoms with Crippen molar-refractivity contribution in [2.75, 3.05) is 6.61 Å². The lowest BCUT2D eigenvalue weighted by Gasteiger charge is -2.48. The van der Waals surface area contributed by atoms with Gasteiger partial charge in [0, 0.05) is 0 Å². The predicted molar refractivity (Wildman–Crippen MR) is 33.5 cm³/mol. The van der Waals surface area contributed by atoms with E-state index in [1.54, 1.807) is 0 Å². The fraction of sp³-hybridized carbons (Fsp3) is 0.714. The van der Waals surface area contributed by atoms with E-state index in [4.69, 9.17) is 5.11 Å². The second-order valence-corrected chi connectivity index (χ2v) is 2.73. The normalized spacial score (nSPS) is 38.1. The van der Waals surface area contributed by atoms with Crippen LogP contribution in [0.25, 0.3) is 0 Å². The molecule has 1 N–H and O–H groups in total. The molecule has 1 aliphatic rings. The summed E-state index contributed by atoms with van der Waals surface area (Å²) in [6, 6.07) is 0. The summed E-state index contributed by atoms with van der Waals surface area (Å²) < 4.78 is 74.3. The summed E-state index contributed by atoms with van der Waals surface area (Å²) in [5.41, 5.74) is -4.21. The van der Waals surface area contributed by atoms with Crippen LogP contribution in [0.15, 0.2) is 0 Å². The lowest BCUT2D eigenvalue weighted by atomic mass is 9.72. The molecule has 0 radical (unpaired) electrons. The van der Waals surface area contributed by atoms with Gasteiger partial charge in [0.15, 0.2) is 0 Å². The Bertz CT molecular complexity index is 303. The zero-order valence-corrected chi connectivity index (χ0v) is 6.50. The average molecular weight is 218 g/mol. The Balaban J connectivity index is 3.05. The van der Waals surface area contributed by atoms with Crippen molar-refractivity contribution >= 4 is 0 Å². The molecule has 0 aromatic heterocycles. The first-order valence-corrected chi connectivity index (χ1v) is 3.41. The first-order chi connectivity index (χ1) is 6.22. The number of aliphatic hydroxyl groups excluding tert-OH is 1. The molecule has 2 atom stereocenters. The highest BCUT2D eigenvalue weighted by Gasteiger charge is 2.90. The van der Waals surface area contributed by atoms with Gasteiger partial charge >= 0.3 is 11.8 Å². The van der Waals surface area contributed by atoms with Crippen molar-refractivity contribution in [3.63, 3.8) is 0 Å². The molecule has 1 rings (SSSR count). The van der Waals surface area contributed by atoms with Crippen LogP contribution < -0.4 is 0 Å². The predicted octanol–water partition coefficient (Wildman–Crippen LogP) is 1.31. The standard InChI is InChI=1S/C7H4F6O/c8-4-5(9,2-1-3-14)7(12,13)6(4,10)11/h4,14H,3H2. The summed E-state index contributed by atoms with van der Waals surface area (Å²) in [5.74, 6) is -7.85. The molecule has 14 heavy (non-hydrogen) atoms. The molecule has 0 saturated heterocycles. The molecular formula is C7H4F6O. The van der Waals surface area contributed by atoms with Crippen molar-refractivity contribution in [1.29, 1.82) is 0 Å². The van der Waals surface area contributed by atoms with Crippen LogP contribution in [0.3, 0.4) is 0 Å². The third-order valence-corrected chi connectivity index (χ3v) is 1.89. The maximum absolute atomic E-state index is 12.9. The van der Waals surface area contributed by atoms with Crippen LogP contribution in [0.5, 0.6) is 0 Å². The van der Waals surface area contributed by atoms with Crippen LogP contribution in [-0.2, 0) is 0 Å². The molecule has 0 spiro atoms. The lowest BCUT2D eigenvalue weighted by Crippen LogP contribution is -2.78. The van der Waals surface area contributed by atoms with Crippen molar-refractivity contribution in [2.24, 2.45) is 0 Å². The lowest BCUT2D eigenvalue weighted by molar-refractivity contribution is -0.376. The molecule has 0 aromatic rings. The smallest absolute Gasteiger partial charge is 0.360 e. The minimum atomic E-state index is -5.17. The van der Waals surface area contributed by atoms with Gasteiger partial charge in [-0.3, -0.25) is 0 Å². The van der Waals surface area contributed by atoms with Gasteiger partial charge < -0.3 is 5.11 Å². The van der Waals surface area contributed by atoms with Gasteiger partial charge in [-0.1, -0.05) is 11.8 Å². The van der Waals surface area contributed by atoms with Crippen LogP contribution >= 0.6 is 0 Å². The monoisotopic (exact) mass is 218 g/mol. The molecule has 0 bridgehead atoms. The minimum Gasteiger partial charge on any atom is -0.384 e. The zero-order valence-electron chi connectivity index (χ0n) is 6.50. The Labute approximate surface area is 74.7 Å². The van der Waals surface area contributed by atoms with Crippen LogP contribution in [0, 0.1) is 11.8 Å². The maximum atomic E-state index is 12.9. The zero-order chi connectivity index (χ0) is 11.2. The average Bonchev–Trinajstić information content (AvgIpc) is 2.11. The number of rotatable bonds is 0. The first kappa shape index (κ1) is 11.2. The van der Waals surface area contributed by atoms with E-state index in [9.17, 15) is 26.3 Å². The summed E-state index contributed by atoms with van der Waals surface area (Å²) in [6.07, 6.45) is -3.68. The molecular weight excluding hydrogens is 214 g/mol. The van der Waals surface area contributed by atoms with E-state index in [1.165, 1.54) is 5.92 Å². The molecule has 0 aliphatic heterocycles. The van der Waals surface area contributed by atoms with E-state index in [0.29, 0.717) is 0 Å². The van der Waals surface area contributed by atoms with E-state index in [0.717, 1.165) is 5.92 Å². The summed E-state index contributed by atoms with van der Waals surface area (Å²) in [4.78, 5) is 0. The molecule has 1 aliphatic carbocycles. The number of aliphatic hydroxyl groups is 1. The van der Waals surface area contributed by atoms with E-state index in [-0.39, 0.29) is 0 Å². The molecule has 1 nitrogen and oxygen atoms in total. The molecule has 80 valence electrons. The van der Waals surface area contributed by atoms with Crippen LogP contribution in [0.1, 0.15) is 0 Å². The number of alkyl halides is 6. The van der Waals surface area contributed by atoms with E-state index < -0.39 is 30.3 Å². The number of halogens is 6. The van der Waals surface area contributed by atoms with Crippen molar-refractivity contribution in [3.8, 4) is 11.8 Å². The highest BCUT2D eigenvalue weighted by atomic mass is 19.3. The first-order valence-electron chi connectivity index (χ1n) is 3.41. The topological polar surface area (TPSA) is 20.2 Å². The van der Waals surface area contributed by atoms with E-state index in [2.05, 4.69) is 0 Å². The van der Waals surface area contributed by atoms with Crippen molar-refractivity contribution in [2.45, 2.75) is 23.7 Å². The van der Waals surface area contributed by atoms with Crippen LogP contribution in [0.2, 0.25) is 0 Å². The summed E-state index contributed by atoms with van der Waals surface area (Å²) >= 11 is 0. The van der Waals surface area contributed by atoms with Crippen LogP contribution in [0.4, 0.5) is 26.3 Å². The van der Waals surface area contributed by atoms with Gasteiger partial charge in [0.25, 0.3) is 5.67 Å². The van der Waals surface area contributed by atoms with Gasteiger partial charge in [-0.05, 0) is 0 Å². The van der Waals surface area contributed by atoms with Gasteiger partial charge in [0.2, 0.25) is 6.17 Å². The van der Waals surface area contributed by atoms with Crippen LogP contribution in [-0.4, -0.2) is 35.4 Å². The summed E-state index contributed by atoms with van der Waals surface area (Å²) in [5, 5.41) is 8.04. The Morgan fingerprint density at radius 1 is 1.14 bits per heavy atom. The van der Waals surface area contributed by atoms with Gasteiger partial charge in [-0.15, -0.1) is 0 Å².